The maximum absolute atomic E-state index is 13.6. The average molecular weight is 398 g/mol. The van der Waals surface area contributed by atoms with E-state index in [4.69, 9.17) is 0 Å². The summed E-state index contributed by atoms with van der Waals surface area (Å²) in [6.07, 6.45) is 1.33. The number of benzene rings is 3. The summed E-state index contributed by atoms with van der Waals surface area (Å²) in [6.45, 7) is 0.594. The van der Waals surface area contributed by atoms with Crippen molar-refractivity contribution in [2.75, 3.05) is 0 Å². The number of carbonyl (C=O) groups is 1. The second-order valence-electron chi connectivity index (χ2n) is 7.91. The zero-order chi connectivity index (χ0) is 20.7. The molecule has 1 aliphatic rings. The fourth-order valence-electron chi connectivity index (χ4n) is 4.73. The molecule has 3 aromatic carbocycles. The van der Waals surface area contributed by atoms with Gasteiger partial charge in [0.25, 0.3) is 0 Å². The van der Waals surface area contributed by atoms with Crippen molar-refractivity contribution >= 4 is 16.8 Å². The van der Waals surface area contributed by atoms with Crippen molar-refractivity contribution in [2.45, 2.75) is 25.4 Å². The van der Waals surface area contributed by atoms with E-state index in [2.05, 4.69) is 28.8 Å². The monoisotopic (exact) mass is 398 g/mol. The number of nitrogens with zero attached hydrogens (tertiary/aromatic N) is 2. The highest BCUT2D eigenvalue weighted by Gasteiger charge is 2.36. The Morgan fingerprint density at radius 1 is 0.933 bits per heavy atom. The van der Waals surface area contributed by atoms with Gasteiger partial charge in [-0.2, -0.15) is 0 Å². The quantitative estimate of drug-likeness (QED) is 0.423. The van der Waals surface area contributed by atoms with E-state index in [1.807, 2.05) is 54.4 Å². The highest BCUT2D eigenvalue weighted by Crippen LogP contribution is 2.44. The number of likely N-dealkylation sites (tertiary alicyclic amines) is 1. The van der Waals surface area contributed by atoms with E-state index in [9.17, 15) is 9.18 Å². The Kier molecular flexibility index (Phi) is 4.62. The van der Waals surface area contributed by atoms with Gasteiger partial charge >= 0.3 is 0 Å². The number of fused-ring (bicyclic) bond motifs is 1. The van der Waals surface area contributed by atoms with Gasteiger partial charge in [-0.3, -0.25) is 4.79 Å². The normalized spacial score (nSPS) is 16.5. The summed E-state index contributed by atoms with van der Waals surface area (Å²) in [6, 6.07) is 25.1. The van der Waals surface area contributed by atoms with Gasteiger partial charge in [-0.05, 0) is 47.9 Å². The molecule has 1 amide bonds. The van der Waals surface area contributed by atoms with Crippen molar-refractivity contribution in [3.8, 4) is 11.3 Å². The fraction of sp³-hybridized carbons (Fsp3) is 0.192. The third-order valence-corrected chi connectivity index (χ3v) is 6.12. The van der Waals surface area contributed by atoms with Crippen LogP contribution in [0.5, 0.6) is 0 Å². The van der Waals surface area contributed by atoms with E-state index >= 15 is 0 Å². The molecule has 3 nitrogen and oxygen atoms in total. The molecule has 0 unspecified atom stereocenters. The Bertz CT molecular complexity index is 1210. The predicted molar refractivity (Wildman–Crippen MR) is 117 cm³/mol. The number of hydrogen-bond donors (Lipinski definition) is 0. The third-order valence-electron chi connectivity index (χ3n) is 6.12. The van der Waals surface area contributed by atoms with Crippen LogP contribution in [-0.4, -0.2) is 15.4 Å². The fourth-order valence-corrected chi connectivity index (χ4v) is 4.73. The van der Waals surface area contributed by atoms with Crippen LogP contribution in [0.25, 0.3) is 22.2 Å². The zero-order valence-corrected chi connectivity index (χ0v) is 16.9. The van der Waals surface area contributed by atoms with Crippen molar-refractivity contribution in [3.63, 3.8) is 0 Å². The predicted octanol–water partition coefficient (Wildman–Crippen LogP) is 5.85. The summed E-state index contributed by atoms with van der Waals surface area (Å²) >= 11 is 0. The van der Waals surface area contributed by atoms with Gasteiger partial charge in [0.15, 0.2) is 0 Å². The Morgan fingerprint density at radius 2 is 1.63 bits per heavy atom. The molecule has 0 bridgehead atoms. The second kappa shape index (κ2) is 7.45. The van der Waals surface area contributed by atoms with Crippen molar-refractivity contribution in [3.05, 3.63) is 95.8 Å². The number of halogens is 1. The molecule has 1 atom stereocenters. The minimum Gasteiger partial charge on any atom is -0.343 e. The summed E-state index contributed by atoms with van der Waals surface area (Å²) in [5.41, 5.74) is 5.41. The Morgan fingerprint density at radius 3 is 2.40 bits per heavy atom. The molecule has 5 rings (SSSR count). The van der Waals surface area contributed by atoms with E-state index in [0.717, 1.165) is 39.7 Å². The molecule has 0 radical (unpaired) electrons. The van der Waals surface area contributed by atoms with Crippen LogP contribution in [0.3, 0.4) is 0 Å². The topological polar surface area (TPSA) is 25.2 Å². The van der Waals surface area contributed by atoms with Crippen LogP contribution in [-0.2, 0) is 18.4 Å². The summed E-state index contributed by atoms with van der Waals surface area (Å²) in [4.78, 5) is 14.9. The van der Waals surface area contributed by atoms with E-state index in [1.165, 1.54) is 12.1 Å². The molecule has 30 heavy (non-hydrogen) atoms. The molecule has 0 aliphatic carbocycles. The Labute approximate surface area is 175 Å². The van der Waals surface area contributed by atoms with Crippen LogP contribution < -0.4 is 0 Å². The molecule has 0 spiro atoms. The molecule has 1 saturated heterocycles. The smallest absolute Gasteiger partial charge is 0.223 e. The first kappa shape index (κ1) is 18.6. The van der Waals surface area contributed by atoms with Gasteiger partial charge in [-0.1, -0.05) is 48.5 Å². The van der Waals surface area contributed by atoms with Gasteiger partial charge in [0.05, 0.1) is 11.7 Å². The number of rotatable bonds is 4. The van der Waals surface area contributed by atoms with E-state index < -0.39 is 0 Å². The number of aryl methyl sites for hydroxylation is 1. The first-order valence-electron chi connectivity index (χ1n) is 10.3. The van der Waals surface area contributed by atoms with Crippen LogP contribution in [0.1, 0.15) is 30.0 Å². The minimum absolute atomic E-state index is 0.0103. The van der Waals surface area contributed by atoms with Gasteiger partial charge in [-0.25, -0.2) is 4.39 Å². The summed E-state index contributed by atoms with van der Waals surface area (Å²) < 4.78 is 15.8. The van der Waals surface area contributed by atoms with Crippen LogP contribution in [0.4, 0.5) is 4.39 Å². The zero-order valence-electron chi connectivity index (χ0n) is 16.9. The highest BCUT2D eigenvalue weighted by atomic mass is 19.1. The molecular weight excluding hydrogens is 375 g/mol. The maximum atomic E-state index is 13.6. The third kappa shape index (κ3) is 3.09. The number of carbonyl (C=O) groups excluding carboxylic acids is 1. The van der Waals surface area contributed by atoms with Crippen LogP contribution >= 0.6 is 0 Å². The van der Waals surface area contributed by atoms with Crippen molar-refractivity contribution in [2.24, 2.45) is 7.05 Å². The van der Waals surface area contributed by atoms with Crippen molar-refractivity contribution < 1.29 is 9.18 Å². The van der Waals surface area contributed by atoms with Crippen molar-refractivity contribution in [1.29, 1.82) is 0 Å². The lowest BCUT2D eigenvalue weighted by molar-refractivity contribution is -0.129. The van der Waals surface area contributed by atoms with E-state index in [-0.39, 0.29) is 17.8 Å². The Hall–Kier alpha value is -3.40. The van der Waals surface area contributed by atoms with E-state index in [1.54, 1.807) is 0 Å². The van der Waals surface area contributed by atoms with Crippen LogP contribution in [0.15, 0.2) is 78.9 Å². The first-order valence-corrected chi connectivity index (χ1v) is 10.3. The highest BCUT2D eigenvalue weighted by molar-refractivity contribution is 5.93. The van der Waals surface area contributed by atoms with E-state index in [0.29, 0.717) is 13.0 Å². The maximum Gasteiger partial charge on any atom is 0.223 e. The molecule has 1 fully saturated rings. The molecule has 0 N–H and O–H groups in total. The number of amides is 1. The molecule has 4 aromatic rings. The first-order chi connectivity index (χ1) is 14.6. The molecule has 4 heteroatoms. The SMILES string of the molecule is Cn1c(-c2ccc(F)cc2)c([C@H]2CCC(=O)N2Cc2ccccc2)c2ccccc21. The number of para-hydroxylation sites is 1. The molecule has 1 aliphatic heterocycles. The number of aromatic nitrogens is 1. The van der Waals surface area contributed by atoms with Gasteiger partial charge in [0, 0.05) is 36.5 Å². The lowest BCUT2D eigenvalue weighted by atomic mass is 9.96. The van der Waals surface area contributed by atoms with Gasteiger partial charge in [0.1, 0.15) is 5.82 Å². The second-order valence-corrected chi connectivity index (χ2v) is 7.91. The molecule has 0 saturated carbocycles. The molecular formula is C26H23FN2O. The molecule has 150 valence electrons. The summed E-state index contributed by atoms with van der Waals surface area (Å²) in [5.74, 6) is -0.0670. The molecule has 1 aromatic heterocycles. The van der Waals surface area contributed by atoms with Gasteiger partial charge in [0.2, 0.25) is 5.91 Å². The largest absolute Gasteiger partial charge is 0.343 e. The lowest BCUT2D eigenvalue weighted by Gasteiger charge is -2.26. The average Bonchev–Trinajstić information content (AvgIpc) is 3.27. The summed E-state index contributed by atoms with van der Waals surface area (Å²) in [7, 11) is 2.04. The van der Waals surface area contributed by atoms with Crippen LogP contribution in [0.2, 0.25) is 0 Å². The summed E-state index contributed by atoms with van der Waals surface area (Å²) in [5, 5.41) is 1.15. The number of hydrogen-bond acceptors (Lipinski definition) is 1. The van der Waals surface area contributed by atoms with Crippen molar-refractivity contribution in [1.82, 2.24) is 9.47 Å². The minimum atomic E-state index is -0.249. The van der Waals surface area contributed by atoms with Gasteiger partial charge in [-0.15, -0.1) is 0 Å². The lowest BCUT2D eigenvalue weighted by Crippen LogP contribution is -2.27. The van der Waals surface area contributed by atoms with Gasteiger partial charge < -0.3 is 9.47 Å². The standard InChI is InChI=1S/C26H23FN2O/c1-28-22-10-6-5-9-21(22)25(26(28)19-11-13-20(27)14-12-19)23-15-16-24(30)29(23)17-18-7-3-2-4-8-18/h2-14,23H,15-17H2,1H3/t23-/m1/s1. The Balaban J connectivity index is 1.68. The van der Waals surface area contributed by atoms with Crippen LogP contribution in [0, 0.1) is 5.82 Å². The molecule has 2 heterocycles.